The highest BCUT2D eigenvalue weighted by molar-refractivity contribution is 9.11. The van der Waals surface area contributed by atoms with E-state index in [2.05, 4.69) is 31.9 Å². The lowest BCUT2D eigenvalue weighted by molar-refractivity contribution is -0.137. The predicted octanol–water partition coefficient (Wildman–Crippen LogP) is 6.04. The van der Waals surface area contributed by atoms with Gasteiger partial charge in [-0.1, -0.05) is 37.9 Å². The topological polar surface area (TPSA) is 0 Å². The fraction of sp³-hybridized carbons (Fsp3) is 0.0769. The summed E-state index contributed by atoms with van der Waals surface area (Å²) in [5.74, 6) is -0.589. The van der Waals surface area contributed by atoms with E-state index in [0.29, 0.717) is 8.95 Å². The molecule has 0 nitrogen and oxygen atoms in total. The number of benzene rings is 2. The van der Waals surface area contributed by atoms with Crippen LogP contribution in [0.2, 0.25) is 0 Å². The largest absolute Gasteiger partial charge is 0.416 e. The van der Waals surface area contributed by atoms with E-state index in [1.165, 1.54) is 18.2 Å². The summed E-state index contributed by atoms with van der Waals surface area (Å²) in [5.41, 5.74) is -0.568. The molecule has 19 heavy (non-hydrogen) atoms. The minimum Gasteiger partial charge on any atom is -0.206 e. The molecule has 0 saturated heterocycles. The lowest BCUT2D eigenvalue weighted by atomic mass is 10.0. The number of halogens is 6. The van der Waals surface area contributed by atoms with Gasteiger partial charge >= 0.3 is 6.18 Å². The van der Waals surface area contributed by atoms with Gasteiger partial charge in [-0.15, -0.1) is 0 Å². The molecule has 0 atom stereocenters. The highest BCUT2D eigenvalue weighted by Crippen LogP contribution is 2.39. The van der Waals surface area contributed by atoms with Crippen LogP contribution in [0.5, 0.6) is 0 Å². The Morgan fingerprint density at radius 2 is 1.58 bits per heavy atom. The quantitative estimate of drug-likeness (QED) is 0.515. The molecule has 0 bridgehead atoms. The van der Waals surface area contributed by atoms with Crippen molar-refractivity contribution in [2.24, 2.45) is 0 Å². The molecule has 0 heterocycles. The normalized spacial score (nSPS) is 11.7. The summed E-state index contributed by atoms with van der Waals surface area (Å²) in [6.07, 6.45) is -4.47. The smallest absolute Gasteiger partial charge is 0.206 e. The second kappa shape index (κ2) is 5.25. The van der Waals surface area contributed by atoms with Crippen molar-refractivity contribution in [2.45, 2.75) is 6.18 Å². The minimum absolute atomic E-state index is 0.0977. The van der Waals surface area contributed by atoms with Crippen molar-refractivity contribution < 1.29 is 17.6 Å². The third-order valence-corrected chi connectivity index (χ3v) is 3.88. The number of hydrogen-bond donors (Lipinski definition) is 0. The first-order chi connectivity index (χ1) is 8.80. The molecule has 2 rings (SSSR count). The fourth-order valence-electron chi connectivity index (χ4n) is 1.65. The van der Waals surface area contributed by atoms with Gasteiger partial charge in [-0.2, -0.15) is 13.2 Å². The van der Waals surface area contributed by atoms with Crippen LogP contribution in [0.4, 0.5) is 17.6 Å². The molecule has 0 N–H and O–H groups in total. The van der Waals surface area contributed by atoms with Gasteiger partial charge in [0.15, 0.2) is 0 Å². The molecule has 2 aromatic carbocycles. The average molecular weight is 398 g/mol. The van der Waals surface area contributed by atoms with Crippen LogP contribution in [-0.4, -0.2) is 0 Å². The lowest BCUT2D eigenvalue weighted by Gasteiger charge is -2.12. The van der Waals surface area contributed by atoms with E-state index < -0.39 is 17.6 Å². The van der Waals surface area contributed by atoms with E-state index >= 15 is 0 Å². The zero-order valence-corrected chi connectivity index (χ0v) is 12.4. The maximum Gasteiger partial charge on any atom is 0.416 e. The Labute approximate surface area is 123 Å². The maximum absolute atomic E-state index is 13.8. The van der Waals surface area contributed by atoms with Gasteiger partial charge in [0, 0.05) is 20.1 Å². The third kappa shape index (κ3) is 3.00. The SMILES string of the molecule is Fc1cccc(Br)c1-c1cc(C(F)(F)F)ccc1Br. The molecule has 6 heteroatoms. The molecule has 0 fully saturated rings. The highest BCUT2D eigenvalue weighted by Gasteiger charge is 2.31. The molecular formula is C13H6Br2F4. The van der Waals surface area contributed by atoms with Crippen molar-refractivity contribution in [2.75, 3.05) is 0 Å². The Balaban J connectivity index is 2.69. The van der Waals surface area contributed by atoms with Crippen LogP contribution < -0.4 is 0 Å². The zero-order chi connectivity index (χ0) is 14.2. The van der Waals surface area contributed by atoms with Gasteiger partial charge in [0.25, 0.3) is 0 Å². The van der Waals surface area contributed by atoms with Gasteiger partial charge in [-0.05, 0) is 30.3 Å². The number of rotatable bonds is 1. The van der Waals surface area contributed by atoms with Crippen LogP contribution in [0.3, 0.4) is 0 Å². The van der Waals surface area contributed by atoms with Crippen molar-refractivity contribution in [1.29, 1.82) is 0 Å². The Morgan fingerprint density at radius 1 is 0.895 bits per heavy atom. The molecule has 100 valence electrons. The predicted molar refractivity (Wildman–Crippen MR) is 72.2 cm³/mol. The van der Waals surface area contributed by atoms with Crippen LogP contribution in [0, 0.1) is 5.82 Å². The molecule has 0 unspecified atom stereocenters. The monoisotopic (exact) mass is 396 g/mol. The molecule has 0 aliphatic carbocycles. The van der Waals surface area contributed by atoms with E-state index in [4.69, 9.17) is 0 Å². The first-order valence-corrected chi connectivity index (χ1v) is 6.70. The van der Waals surface area contributed by atoms with E-state index in [1.54, 1.807) is 6.07 Å². The van der Waals surface area contributed by atoms with Gasteiger partial charge < -0.3 is 0 Å². The Morgan fingerprint density at radius 3 is 2.16 bits per heavy atom. The van der Waals surface area contributed by atoms with Crippen LogP contribution >= 0.6 is 31.9 Å². The standard InChI is InChI=1S/C13H6Br2F4/c14-9-5-4-7(13(17,18)19)6-8(9)12-10(15)2-1-3-11(12)16/h1-6H. The Bertz CT molecular complexity index is 600. The van der Waals surface area contributed by atoms with Crippen LogP contribution in [0.1, 0.15) is 5.56 Å². The zero-order valence-electron chi connectivity index (χ0n) is 9.23. The summed E-state index contributed by atoms with van der Waals surface area (Å²) in [4.78, 5) is 0. The summed E-state index contributed by atoms with van der Waals surface area (Å²) in [7, 11) is 0. The van der Waals surface area contributed by atoms with Crippen molar-refractivity contribution in [3.8, 4) is 11.1 Å². The van der Waals surface area contributed by atoms with Crippen molar-refractivity contribution in [3.05, 3.63) is 56.7 Å². The molecule has 0 aliphatic heterocycles. The van der Waals surface area contributed by atoms with E-state index in [-0.39, 0.29) is 11.1 Å². The molecule has 0 aromatic heterocycles. The number of alkyl halides is 3. The first kappa shape index (κ1) is 14.5. The van der Waals surface area contributed by atoms with E-state index in [9.17, 15) is 17.6 Å². The molecule has 0 spiro atoms. The second-order valence-corrected chi connectivity index (χ2v) is 5.50. The van der Waals surface area contributed by atoms with Crippen molar-refractivity contribution in [3.63, 3.8) is 0 Å². The van der Waals surface area contributed by atoms with Gasteiger partial charge in [0.2, 0.25) is 0 Å². The van der Waals surface area contributed by atoms with Gasteiger partial charge in [-0.3, -0.25) is 0 Å². The number of hydrogen-bond acceptors (Lipinski definition) is 0. The Hall–Kier alpha value is -0.880. The molecule has 2 aromatic rings. The molecule has 0 radical (unpaired) electrons. The van der Waals surface area contributed by atoms with E-state index in [0.717, 1.165) is 12.1 Å². The van der Waals surface area contributed by atoms with Gasteiger partial charge in [-0.25, -0.2) is 4.39 Å². The summed E-state index contributed by atoms with van der Waals surface area (Å²) in [5, 5.41) is 0. The minimum atomic E-state index is -4.47. The maximum atomic E-state index is 13.8. The average Bonchev–Trinajstić information content (AvgIpc) is 2.29. The van der Waals surface area contributed by atoms with Crippen molar-refractivity contribution in [1.82, 2.24) is 0 Å². The fourth-order valence-corrected chi connectivity index (χ4v) is 2.65. The lowest BCUT2D eigenvalue weighted by Crippen LogP contribution is -2.05. The highest BCUT2D eigenvalue weighted by atomic mass is 79.9. The van der Waals surface area contributed by atoms with Crippen LogP contribution in [-0.2, 0) is 6.18 Å². The second-order valence-electron chi connectivity index (χ2n) is 3.79. The van der Waals surface area contributed by atoms with E-state index in [1.807, 2.05) is 0 Å². The molecule has 0 amide bonds. The summed E-state index contributed by atoms with van der Waals surface area (Å²) in [6.45, 7) is 0. The Kier molecular flexibility index (Phi) is 4.01. The van der Waals surface area contributed by atoms with Gasteiger partial charge in [0.1, 0.15) is 5.82 Å². The van der Waals surface area contributed by atoms with Crippen molar-refractivity contribution >= 4 is 31.9 Å². The molecule has 0 aliphatic rings. The molecule has 0 saturated carbocycles. The summed E-state index contributed by atoms with van der Waals surface area (Å²) in [6, 6.07) is 7.38. The molecular weight excluding hydrogens is 392 g/mol. The van der Waals surface area contributed by atoms with Gasteiger partial charge in [0.05, 0.1) is 5.56 Å². The van der Waals surface area contributed by atoms with Crippen LogP contribution in [0.25, 0.3) is 11.1 Å². The summed E-state index contributed by atoms with van der Waals surface area (Å²) < 4.78 is 52.7. The summed E-state index contributed by atoms with van der Waals surface area (Å²) >= 11 is 6.30. The van der Waals surface area contributed by atoms with Crippen LogP contribution in [0.15, 0.2) is 45.3 Å². The third-order valence-electron chi connectivity index (χ3n) is 2.53. The first-order valence-electron chi connectivity index (χ1n) is 5.12.